The molecule has 21 heavy (non-hydrogen) atoms. The van der Waals surface area contributed by atoms with E-state index in [2.05, 4.69) is 28.2 Å². The normalized spacial score (nSPS) is 12.4. The van der Waals surface area contributed by atoms with Crippen LogP contribution in [0.5, 0.6) is 5.75 Å². The van der Waals surface area contributed by atoms with Crippen molar-refractivity contribution in [3.8, 4) is 5.75 Å². The maximum absolute atomic E-state index is 6.21. The zero-order valence-corrected chi connectivity index (χ0v) is 14.7. The second-order valence-corrected chi connectivity index (χ2v) is 6.16. The lowest BCUT2D eigenvalue weighted by Crippen LogP contribution is -2.24. The van der Waals surface area contributed by atoms with Crippen molar-refractivity contribution in [3.63, 3.8) is 0 Å². The topological polar surface area (TPSA) is 34.4 Å². The van der Waals surface area contributed by atoms with Gasteiger partial charge < -0.3 is 14.5 Å². The van der Waals surface area contributed by atoms with E-state index in [-0.39, 0.29) is 6.04 Å². The molecule has 1 aromatic heterocycles. The van der Waals surface area contributed by atoms with Gasteiger partial charge in [-0.25, -0.2) is 0 Å². The minimum absolute atomic E-state index is 0.0927. The SMILES string of the molecule is CCCNC(c1cc(Cl)cc(Br)c1OC)c1occc1C. The van der Waals surface area contributed by atoms with E-state index in [4.69, 9.17) is 20.8 Å². The predicted molar refractivity (Wildman–Crippen MR) is 89.3 cm³/mol. The number of halogens is 2. The highest BCUT2D eigenvalue weighted by molar-refractivity contribution is 9.10. The first-order valence-electron chi connectivity index (χ1n) is 6.88. The Hall–Kier alpha value is -0.970. The zero-order valence-electron chi connectivity index (χ0n) is 12.4. The molecule has 2 rings (SSSR count). The van der Waals surface area contributed by atoms with E-state index < -0.39 is 0 Å². The average molecular weight is 373 g/mol. The fourth-order valence-corrected chi connectivity index (χ4v) is 3.32. The fourth-order valence-electron chi connectivity index (χ4n) is 2.32. The molecule has 1 atom stereocenters. The summed E-state index contributed by atoms with van der Waals surface area (Å²) >= 11 is 9.72. The van der Waals surface area contributed by atoms with Gasteiger partial charge in [-0.3, -0.25) is 0 Å². The van der Waals surface area contributed by atoms with Gasteiger partial charge in [-0.15, -0.1) is 0 Å². The summed E-state index contributed by atoms with van der Waals surface area (Å²) in [7, 11) is 1.66. The van der Waals surface area contributed by atoms with Gasteiger partial charge in [0.2, 0.25) is 0 Å². The Labute approximate surface area is 138 Å². The molecule has 0 amide bonds. The van der Waals surface area contributed by atoms with Crippen LogP contribution in [-0.4, -0.2) is 13.7 Å². The number of furan rings is 1. The van der Waals surface area contributed by atoms with Crippen molar-refractivity contribution in [1.82, 2.24) is 5.32 Å². The Kier molecular flexibility index (Phi) is 5.73. The second kappa shape index (κ2) is 7.34. The highest BCUT2D eigenvalue weighted by Gasteiger charge is 2.24. The summed E-state index contributed by atoms with van der Waals surface area (Å²) in [5, 5.41) is 4.16. The number of hydrogen-bond donors (Lipinski definition) is 1. The van der Waals surface area contributed by atoms with Gasteiger partial charge in [0.05, 0.1) is 23.9 Å². The second-order valence-electron chi connectivity index (χ2n) is 4.87. The van der Waals surface area contributed by atoms with Crippen LogP contribution in [0, 0.1) is 6.92 Å². The van der Waals surface area contributed by atoms with Crippen molar-refractivity contribution in [3.05, 3.63) is 50.8 Å². The van der Waals surface area contributed by atoms with Crippen molar-refractivity contribution < 1.29 is 9.15 Å². The molecule has 2 aromatic rings. The molecule has 1 unspecified atom stereocenters. The monoisotopic (exact) mass is 371 g/mol. The molecule has 0 aliphatic heterocycles. The van der Waals surface area contributed by atoms with Gasteiger partial charge in [-0.1, -0.05) is 18.5 Å². The standard InChI is InChI=1S/C16H19BrClNO2/c1-4-6-19-14(15-10(2)5-7-21-15)12-8-11(18)9-13(17)16(12)20-3/h5,7-9,14,19H,4,6H2,1-3H3. The molecular weight excluding hydrogens is 354 g/mol. The van der Waals surface area contributed by atoms with Crippen LogP contribution in [-0.2, 0) is 0 Å². The number of nitrogens with one attached hydrogen (secondary N) is 1. The lowest BCUT2D eigenvalue weighted by atomic mass is 10.0. The highest BCUT2D eigenvalue weighted by Crippen LogP contribution is 2.39. The van der Waals surface area contributed by atoms with Crippen molar-refractivity contribution in [2.45, 2.75) is 26.3 Å². The molecule has 0 saturated carbocycles. The Morgan fingerprint density at radius 1 is 1.43 bits per heavy atom. The van der Waals surface area contributed by atoms with Crippen molar-refractivity contribution >= 4 is 27.5 Å². The summed E-state index contributed by atoms with van der Waals surface area (Å²) in [4.78, 5) is 0. The molecule has 3 nitrogen and oxygen atoms in total. The Morgan fingerprint density at radius 2 is 2.19 bits per heavy atom. The van der Waals surface area contributed by atoms with Crippen LogP contribution in [0.15, 0.2) is 33.4 Å². The van der Waals surface area contributed by atoms with Crippen molar-refractivity contribution in [1.29, 1.82) is 0 Å². The summed E-state index contributed by atoms with van der Waals surface area (Å²) in [5.41, 5.74) is 2.06. The Bertz CT molecular complexity index is 612. The number of aryl methyl sites for hydroxylation is 1. The summed E-state index contributed by atoms with van der Waals surface area (Å²) in [6.45, 7) is 5.04. The Morgan fingerprint density at radius 3 is 2.76 bits per heavy atom. The van der Waals surface area contributed by atoms with E-state index in [1.165, 1.54) is 0 Å². The molecule has 1 heterocycles. The first-order chi connectivity index (χ1) is 10.1. The number of methoxy groups -OCH3 is 1. The molecule has 114 valence electrons. The van der Waals surface area contributed by atoms with Crippen LogP contribution < -0.4 is 10.1 Å². The van der Waals surface area contributed by atoms with Gasteiger partial charge in [-0.05, 0) is 59.6 Å². The average Bonchev–Trinajstić information content (AvgIpc) is 2.85. The predicted octanol–water partition coefficient (Wildman–Crippen LogP) is 5.10. The Balaban J connectivity index is 2.53. The first kappa shape index (κ1) is 16.4. The van der Waals surface area contributed by atoms with Crippen LogP contribution >= 0.6 is 27.5 Å². The van der Waals surface area contributed by atoms with Crippen molar-refractivity contribution in [2.75, 3.05) is 13.7 Å². The molecular formula is C16H19BrClNO2. The van der Waals surface area contributed by atoms with Crippen LogP contribution in [0.4, 0.5) is 0 Å². The number of hydrogen-bond acceptors (Lipinski definition) is 3. The van der Waals surface area contributed by atoms with Crippen LogP contribution in [0.3, 0.4) is 0 Å². The molecule has 0 aliphatic rings. The third-order valence-corrected chi connectivity index (χ3v) is 4.12. The van der Waals surface area contributed by atoms with Gasteiger partial charge in [-0.2, -0.15) is 0 Å². The van der Waals surface area contributed by atoms with E-state index in [1.54, 1.807) is 13.4 Å². The summed E-state index contributed by atoms with van der Waals surface area (Å²) in [5.74, 6) is 1.65. The minimum atomic E-state index is -0.0927. The third-order valence-electron chi connectivity index (χ3n) is 3.31. The largest absolute Gasteiger partial charge is 0.495 e. The third kappa shape index (κ3) is 3.62. The molecule has 0 radical (unpaired) electrons. The van der Waals surface area contributed by atoms with Crippen LogP contribution in [0.2, 0.25) is 5.02 Å². The van der Waals surface area contributed by atoms with E-state index in [0.29, 0.717) is 5.02 Å². The lowest BCUT2D eigenvalue weighted by Gasteiger charge is -2.21. The smallest absolute Gasteiger partial charge is 0.138 e. The molecule has 0 fully saturated rings. The molecule has 1 N–H and O–H groups in total. The molecule has 5 heteroatoms. The fraction of sp³-hybridized carbons (Fsp3) is 0.375. The summed E-state index contributed by atoms with van der Waals surface area (Å²) < 4.78 is 12.1. The van der Waals surface area contributed by atoms with Gasteiger partial charge in [0.15, 0.2) is 0 Å². The molecule has 0 saturated heterocycles. The molecule has 1 aromatic carbocycles. The van der Waals surface area contributed by atoms with Crippen molar-refractivity contribution in [2.24, 2.45) is 0 Å². The summed E-state index contributed by atoms with van der Waals surface area (Å²) in [6, 6.07) is 5.61. The van der Waals surface area contributed by atoms with Gasteiger partial charge in [0.1, 0.15) is 11.5 Å². The number of benzene rings is 1. The quantitative estimate of drug-likeness (QED) is 0.766. The van der Waals surface area contributed by atoms with Gasteiger partial charge in [0.25, 0.3) is 0 Å². The number of ether oxygens (including phenoxy) is 1. The molecule has 0 aliphatic carbocycles. The highest BCUT2D eigenvalue weighted by atomic mass is 79.9. The molecule has 0 spiro atoms. The zero-order chi connectivity index (χ0) is 15.4. The van der Waals surface area contributed by atoms with Crippen LogP contribution in [0.1, 0.15) is 36.3 Å². The first-order valence-corrected chi connectivity index (χ1v) is 8.05. The van der Waals surface area contributed by atoms with Crippen LogP contribution in [0.25, 0.3) is 0 Å². The minimum Gasteiger partial charge on any atom is -0.495 e. The van der Waals surface area contributed by atoms with E-state index in [1.807, 2.05) is 25.1 Å². The van der Waals surface area contributed by atoms with E-state index in [9.17, 15) is 0 Å². The van der Waals surface area contributed by atoms with E-state index in [0.717, 1.165) is 40.1 Å². The van der Waals surface area contributed by atoms with E-state index >= 15 is 0 Å². The number of rotatable bonds is 6. The lowest BCUT2D eigenvalue weighted by molar-refractivity contribution is 0.389. The van der Waals surface area contributed by atoms with Gasteiger partial charge in [0, 0.05) is 10.6 Å². The molecule has 0 bridgehead atoms. The maximum Gasteiger partial charge on any atom is 0.138 e. The maximum atomic E-state index is 6.21. The summed E-state index contributed by atoms with van der Waals surface area (Å²) in [6.07, 6.45) is 2.73. The van der Waals surface area contributed by atoms with Gasteiger partial charge >= 0.3 is 0 Å².